The molecule has 1 fully saturated rings. The molecule has 2 N–H and O–H groups in total. The lowest BCUT2D eigenvalue weighted by molar-refractivity contribution is -0.134. The van der Waals surface area contributed by atoms with Crippen LogP contribution in [0.2, 0.25) is 0 Å². The summed E-state index contributed by atoms with van der Waals surface area (Å²) in [5.41, 5.74) is 5.22. The molecule has 9 nitrogen and oxygen atoms in total. The minimum absolute atomic E-state index is 0.110. The molecule has 11 heteroatoms. The van der Waals surface area contributed by atoms with Gasteiger partial charge in [0.25, 0.3) is 0 Å². The van der Waals surface area contributed by atoms with Crippen molar-refractivity contribution in [2.75, 3.05) is 38.3 Å². The third-order valence-electron chi connectivity index (χ3n) is 9.28. The highest BCUT2D eigenvalue weighted by atomic mass is 19.1. The van der Waals surface area contributed by atoms with Crippen LogP contribution in [0.4, 0.5) is 20.2 Å². The van der Waals surface area contributed by atoms with Crippen LogP contribution in [0, 0.1) is 28.9 Å². The summed E-state index contributed by atoms with van der Waals surface area (Å²) in [7, 11) is 1.54. The number of hydrogen-bond donors (Lipinski definition) is 1. The van der Waals surface area contributed by atoms with Gasteiger partial charge in [0.1, 0.15) is 17.0 Å². The molecule has 0 unspecified atom stereocenters. The number of nitrogens with two attached hydrogens (primary N) is 1. The number of aromatic nitrogens is 1. The van der Waals surface area contributed by atoms with Crippen LogP contribution in [-0.2, 0) is 9.59 Å². The molecule has 1 heterocycles. The molecule has 2 amide bonds. The normalized spacial score (nSPS) is 18.6. The molecule has 1 aromatic heterocycles. The van der Waals surface area contributed by atoms with Crippen LogP contribution in [-0.4, -0.2) is 55.0 Å². The fourth-order valence-electron chi connectivity index (χ4n) is 6.21. The zero-order valence-corrected chi connectivity index (χ0v) is 27.3. The van der Waals surface area contributed by atoms with Gasteiger partial charge in [-0.1, -0.05) is 27.7 Å². The van der Waals surface area contributed by atoms with Crippen LogP contribution in [0.5, 0.6) is 23.0 Å². The SMILES string of the molecule is CCN(CC)CCCOc1cc2nccc(Oc3ccc(N(C(=O)[C@@]4(C(N)=O)[C@H](C)[C@@H]4C)c4ccc(F)cc4)cc3F)c2cc1OC. The lowest BCUT2D eigenvalue weighted by atomic mass is 9.98. The van der Waals surface area contributed by atoms with Crippen molar-refractivity contribution in [2.24, 2.45) is 23.0 Å². The first-order valence-electron chi connectivity index (χ1n) is 15.8. The van der Waals surface area contributed by atoms with Crippen LogP contribution < -0.4 is 24.8 Å². The Kier molecular flexibility index (Phi) is 9.95. The molecular formula is C36H40F2N4O5. The summed E-state index contributed by atoms with van der Waals surface area (Å²) in [6, 6.07) is 14.3. The van der Waals surface area contributed by atoms with Gasteiger partial charge in [0, 0.05) is 35.9 Å². The number of benzene rings is 3. The van der Waals surface area contributed by atoms with E-state index in [-0.39, 0.29) is 29.0 Å². The molecule has 0 aliphatic heterocycles. The fourth-order valence-corrected chi connectivity index (χ4v) is 6.21. The molecule has 3 aromatic carbocycles. The Bertz CT molecular complexity index is 1750. The monoisotopic (exact) mass is 646 g/mol. The summed E-state index contributed by atoms with van der Waals surface area (Å²) in [5, 5.41) is 0.576. The Balaban J connectivity index is 1.43. The highest BCUT2D eigenvalue weighted by Gasteiger charge is 2.70. The van der Waals surface area contributed by atoms with Crippen molar-refractivity contribution >= 4 is 34.1 Å². The Morgan fingerprint density at radius 3 is 2.17 bits per heavy atom. The Morgan fingerprint density at radius 2 is 1.57 bits per heavy atom. The third-order valence-corrected chi connectivity index (χ3v) is 9.28. The second kappa shape index (κ2) is 13.9. The molecule has 0 saturated heterocycles. The maximum absolute atomic E-state index is 15.8. The molecule has 1 aliphatic carbocycles. The molecule has 0 radical (unpaired) electrons. The first kappa shape index (κ1) is 33.6. The minimum Gasteiger partial charge on any atom is -0.493 e. The van der Waals surface area contributed by atoms with E-state index in [9.17, 15) is 14.0 Å². The van der Waals surface area contributed by atoms with E-state index in [1.54, 1.807) is 45.4 Å². The van der Waals surface area contributed by atoms with E-state index in [4.69, 9.17) is 19.9 Å². The molecule has 1 aliphatic rings. The quantitative estimate of drug-likeness (QED) is 0.118. The molecule has 4 aromatic rings. The van der Waals surface area contributed by atoms with E-state index in [1.165, 1.54) is 41.3 Å². The number of ether oxygens (including phenoxy) is 3. The van der Waals surface area contributed by atoms with Gasteiger partial charge in [-0.3, -0.25) is 19.5 Å². The van der Waals surface area contributed by atoms with Gasteiger partial charge in [-0.25, -0.2) is 8.78 Å². The van der Waals surface area contributed by atoms with Crippen LogP contribution in [0.1, 0.15) is 34.1 Å². The lowest BCUT2D eigenvalue weighted by Gasteiger charge is -2.27. The molecule has 248 valence electrons. The van der Waals surface area contributed by atoms with Crippen molar-refractivity contribution in [2.45, 2.75) is 34.1 Å². The van der Waals surface area contributed by atoms with Crippen molar-refractivity contribution in [1.29, 1.82) is 0 Å². The average Bonchev–Trinajstić information content (AvgIpc) is 3.63. The molecule has 5 rings (SSSR count). The van der Waals surface area contributed by atoms with E-state index >= 15 is 4.39 Å². The number of rotatable bonds is 14. The van der Waals surface area contributed by atoms with Crippen LogP contribution >= 0.6 is 0 Å². The number of hydrogen-bond acceptors (Lipinski definition) is 7. The van der Waals surface area contributed by atoms with Gasteiger partial charge < -0.3 is 24.8 Å². The van der Waals surface area contributed by atoms with Gasteiger partial charge in [0.15, 0.2) is 23.1 Å². The smallest absolute Gasteiger partial charge is 0.247 e. The standard InChI is InChI=1S/C36H40F2N4O5/c1-6-41(7-2)17-8-18-46-33-21-29-27(20-32(33)45-5)30(15-16-40-29)47-31-14-13-26(19-28(31)38)42(25-11-9-24(37)10-12-25)35(44)36(34(39)43)22(3)23(36)4/h9-16,19-23H,6-8,17-18H2,1-5H3,(H2,39,43)/t22-,23+,36+. The zero-order chi connectivity index (χ0) is 33.9. The fraction of sp³-hybridized carbons (Fsp3) is 0.361. The maximum atomic E-state index is 15.8. The summed E-state index contributed by atoms with van der Waals surface area (Å²) in [6.45, 7) is 11.2. The molecule has 1 saturated carbocycles. The molecule has 47 heavy (non-hydrogen) atoms. The number of nitrogens with zero attached hydrogens (tertiary/aromatic N) is 3. The number of carbonyl (C=O) groups excluding carboxylic acids is 2. The number of amides is 2. The lowest BCUT2D eigenvalue weighted by Crippen LogP contribution is -2.43. The summed E-state index contributed by atoms with van der Waals surface area (Å²) in [6.07, 6.45) is 2.40. The molecular weight excluding hydrogens is 606 g/mol. The van der Waals surface area contributed by atoms with Crippen molar-refractivity contribution in [3.8, 4) is 23.0 Å². The first-order valence-corrected chi connectivity index (χ1v) is 15.8. The second-order valence-corrected chi connectivity index (χ2v) is 11.7. The zero-order valence-electron chi connectivity index (χ0n) is 27.3. The van der Waals surface area contributed by atoms with E-state index in [2.05, 4.69) is 23.7 Å². The predicted octanol–water partition coefficient (Wildman–Crippen LogP) is 6.85. The number of pyridine rings is 1. The van der Waals surface area contributed by atoms with Crippen molar-refractivity contribution in [1.82, 2.24) is 9.88 Å². The van der Waals surface area contributed by atoms with E-state index < -0.39 is 28.9 Å². The van der Waals surface area contributed by atoms with Crippen LogP contribution in [0.25, 0.3) is 10.9 Å². The molecule has 0 bridgehead atoms. The highest BCUT2D eigenvalue weighted by Crippen LogP contribution is 2.60. The number of carbonyl (C=O) groups is 2. The summed E-state index contributed by atoms with van der Waals surface area (Å²) >= 11 is 0. The highest BCUT2D eigenvalue weighted by molar-refractivity contribution is 6.17. The Morgan fingerprint density at radius 1 is 0.894 bits per heavy atom. The Hall–Kier alpha value is -4.77. The third kappa shape index (κ3) is 6.44. The average molecular weight is 647 g/mol. The number of anilines is 2. The van der Waals surface area contributed by atoms with Crippen LogP contribution in [0.15, 0.2) is 66.9 Å². The molecule has 3 atom stereocenters. The number of fused-ring (bicyclic) bond motifs is 1. The van der Waals surface area contributed by atoms with Crippen molar-refractivity contribution in [3.63, 3.8) is 0 Å². The summed E-state index contributed by atoms with van der Waals surface area (Å²) < 4.78 is 47.2. The topological polar surface area (TPSA) is 107 Å². The van der Waals surface area contributed by atoms with Gasteiger partial charge >= 0.3 is 0 Å². The van der Waals surface area contributed by atoms with Crippen molar-refractivity contribution < 1.29 is 32.6 Å². The largest absolute Gasteiger partial charge is 0.493 e. The van der Waals surface area contributed by atoms with Gasteiger partial charge in [0.2, 0.25) is 11.8 Å². The van der Waals surface area contributed by atoms with Crippen LogP contribution in [0.3, 0.4) is 0 Å². The minimum atomic E-state index is -1.47. The number of methoxy groups -OCH3 is 1. The number of halogens is 2. The number of primary amides is 1. The van der Waals surface area contributed by atoms with Crippen molar-refractivity contribution in [3.05, 3.63) is 78.5 Å². The van der Waals surface area contributed by atoms with E-state index in [0.717, 1.165) is 32.1 Å². The van der Waals surface area contributed by atoms with E-state index in [0.29, 0.717) is 34.8 Å². The maximum Gasteiger partial charge on any atom is 0.247 e. The van der Waals surface area contributed by atoms with Gasteiger partial charge in [-0.15, -0.1) is 0 Å². The van der Waals surface area contributed by atoms with Gasteiger partial charge in [0.05, 0.1) is 24.9 Å². The van der Waals surface area contributed by atoms with Gasteiger partial charge in [-0.2, -0.15) is 0 Å². The summed E-state index contributed by atoms with van der Waals surface area (Å²) in [4.78, 5) is 34.5. The summed E-state index contributed by atoms with van der Waals surface area (Å²) in [5.74, 6) is -2.05. The Labute approximate surface area is 273 Å². The van der Waals surface area contributed by atoms with E-state index in [1.807, 2.05) is 0 Å². The predicted molar refractivity (Wildman–Crippen MR) is 176 cm³/mol. The second-order valence-electron chi connectivity index (χ2n) is 11.7. The van der Waals surface area contributed by atoms with Gasteiger partial charge in [-0.05, 0) is 79.9 Å². The molecule has 0 spiro atoms. The first-order chi connectivity index (χ1) is 22.6.